The van der Waals surface area contributed by atoms with Crippen molar-refractivity contribution in [2.45, 2.75) is 64.2 Å². The van der Waals surface area contributed by atoms with E-state index in [2.05, 4.69) is 75.0 Å². The van der Waals surface area contributed by atoms with Gasteiger partial charge >= 0.3 is 0 Å². The number of carbonyl (C=O) groups excluding carboxylic acids is 2. The number of thioether (sulfide) groups is 1. The molecule has 1 aliphatic heterocycles. The van der Waals surface area contributed by atoms with Crippen molar-refractivity contribution in [3.8, 4) is 5.69 Å². The van der Waals surface area contributed by atoms with Gasteiger partial charge in [-0.15, -0.1) is 11.8 Å². The summed E-state index contributed by atoms with van der Waals surface area (Å²) in [6, 6.07) is 8.64. The lowest BCUT2D eigenvalue weighted by atomic mass is 9.87. The Balaban J connectivity index is 1.75. The van der Waals surface area contributed by atoms with Crippen LogP contribution in [0.2, 0.25) is 0 Å². The number of amides is 2. The Labute approximate surface area is 215 Å². The van der Waals surface area contributed by atoms with Gasteiger partial charge in [-0.2, -0.15) is 16.4 Å². The Hall–Kier alpha value is -2.58. The zero-order chi connectivity index (χ0) is 24.9. The van der Waals surface area contributed by atoms with Crippen molar-refractivity contribution < 1.29 is 9.59 Å². The van der Waals surface area contributed by atoms with Crippen LogP contribution in [0, 0.1) is 13.8 Å². The summed E-state index contributed by atoms with van der Waals surface area (Å²) in [5, 5.41) is 12.4. The normalized spacial score (nSPS) is 18.4. The number of benzene rings is 1. The van der Waals surface area contributed by atoms with Crippen LogP contribution in [0.1, 0.15) is 66.8 Å². The van der Waals surface area contributed by atoms with Crippen LogP contribution in [0.4, 0.5) is 5.82 Å². The Bertz CT molecular complexity index is 1270. The first-order valence-electron chi connectivity index (χ1n) is 12.1. The molecule has 1 aliphatic carbocycles. The van der Waals surface area contributed by atoms with E-state index in [-0.39, 0.29) is 35.1 Å². The maximum Gasteiger partial charge on any atom is 0.240 e. The largest absolute Gasteiger partial charge is 0.352 e. The van der Waals surface area contributed by atoms with Crippen molar-refractivity contribution in [3.05, 3.63) is 63.0 Å². The Morgan fingerprint density at radius 1 is 1.20 bits per heavy atom. The molecule has 0 radical (unpaired) electrons. The average Bonchev–Trinajstić information content (AvgIpc) is 3.30. The molecule has 6 nitrogen and oxygen atoms in total. The van der Waals surface area contributed by atoms with Crippen LogP contribution in [0.5, 0.6) is 0 Å². The number of aryl methyl sites for hydroxylation is 2. The molecule has 0 spiro atoms. The third-order valence-electron chi connectivity index (χ3n) is 6.47. The number of carbonyl (C=O) groups is 2. The molecule has 0 saturated heterocycles. The van der Waals surface area contributed by atoms with Crippen molar-refractivity contribution in [2.75, 3.05) is 17.2 Å². The molecule has 1 N–H and O–H groups in total. The second-order valence-corrected chi connectivity index (χ2v) is 12.5. The summed E-state index contributed by atoms with van der Waals surface area (Å²) >= 11 is 3.28. The molecule has 35 heavy (non-hydrogen) atoms. The lowest BCUT2D eigenvalue weighted by Crippen LogP contribution is -2.43. The number of hydrogen-bond donors (Lipinski definition) is 1. The number of nitrogens with one attached hydrogen (secondary N) is 1. The van der Waals surface area contributed by atoms with Gasteiger partial charge in [-0.1, -0.05) is 38.5 Å². The minimum atomic E-state index is -0.252. The van der Waals surface area contributed by atoms with Gasteiger partial charge in [0.2, 0.25) is 11.8 Å². The lowest BCUT2D eigenvalue weighted by molar-refractivity contribution is -0.123. The molecule has 0 bridgehead atoms. The number of fused-ring (bicyclic) bond motifs is 1. The summed E-state index contributed by atoms with van der Waals surface area (Å²) in [6.45, 7) is 10.6. The van der Waals surface area contributed by atoms with Crippen molar-refractivity contribution >= 4 is 40.7 Å². The van der Waals surface area contributed by atoms with E-state index < -0.39 is 0 Å². The van der Waals surface area contributed by atoms with E-state index in [9.17, 15) is 9.59 Å². The Morgan fingerprint density at radius 3 is 2.60 bits per heavy atom. The third kappa shape index (κ3) is 4.78. The zero-order valence-electron chi connectivity index (χ0n) is 20.9. The fraction of sp³-hybridized carbons (Fsp3) is 0.444. The van der Waals surface area contributed by atoms with Gasteiger partial charge in [-0.3, -0.25) is 14.5 Å². The zero-order valence-corrected chi connectivity index (χ0v) is 22.6. The molecule has 1 aromatic carbocycles. The maximum absolute atomic E-state index is 13.6. The molecule has 1 atom stereocenters. The fourth-order valence-electron chi connectivity index (χ4n) is 4.62. The highest BCUT2D eigenvalue weighted by Crippen LogP contribution is 2.49. The summed E-state index contributed by atoms with van der Waals surface area (Å²) in [4.78, 5) is 28.2. The molecule has 5 rings (SSSR count). The molecule has 0 unspecified atom stereocenters. The molecule has 8 heteroatoms. The number of nitrogens with zero attached hydrogens (tertiary/aromatic N) is 3. The van der Waals surface area contributed by atoms with Crippen molar-refractivity contribution in [3.63, 3.8) is 0 Å². The Morgan fingerprint density at radius 2 is 1.97 bits per heavy atom. The quantitative estimate of drug-likeness (QED) is 0.508. The first-order chi connectivity index (χ1) is 16.6. The second-order valence-electron chi connectivity index (χ2n) is 10.6. The number of rotatable bonds is 5. The van der Waals surface area contributed by atoms with Crippen molar-refractivity contribution in [2.24, 2.45) is 0 Å². The predicted octanol–water partition coefficient (Wildman–Crippen LogP) is 5.30. The van der Waals surface area contributed by atoms with Crippen LogP contribution >= 0.6 is 23.1 Å². The summed E-state index contributed by atoms with van der Waals surface area (Å²) in [7, 11) is 0. The van der Waals surface area contributed by atoms with E-state index in [4.69, 9.17) is 5.10 Å². The molecule has 1 fully saturated rings. The number of anilines is 1. The van der Waals surface area contributed by atoms with Crippen LogP contribution in [0.25, 0.3) is 5.69 Å². The van der Waals surface area contributed by atoms with E-state index >= 15 is 0 Å². The van der Waals surface area contributed by atoms with Crippen LogP contribution in [0.3, 0.4) is 0 Å². The van der Waals surface area contributed by atoms with Crippen LogP contribution in [-0.2, 0) is 15.0 Å². The first kappa shape index (κ1) is 24.1. The first-order valence-corrected chi connectivity index (χ1v) is 14.1. The smallest absolute Gasteiger partial charge is 0.240 e. The van der Waals surface area contributed by atoms with E-state index in [1.165, 1.54) is 11.1 Å². The van der Waals surface area contributed by atoms with Gasteiger partial charge in [0, 0.05) is 17.0 Å². The topological polar surface area (TPSA) is 67.2 Å². The van der Waals surface area contributed by atoms with E-state index in [1.54, 1.807) is 28.0 Å². The van der Waals surface area contributed by atoms with Crippen molar-refractivity contribution in [1.82, 2.24) is 15.1 Å². The van der Waals surface area contributed by atoms with Gasteiger partial charge in [0.05, 0.1) is 22.4 Å². The SMILES string of the molecule is Cc1ccc(-n2nc(C(C)(C)C)c3c2N(CC(=O)NC2CC2)C(=O)CS[C@H]3c2ccsc2)c(C)c1. The van der Waals surface area contributed by atoms with Gasteiger partial charge in [0.15, 0.2) is 0 Å². The minimum Gasteiger partial charge on any atom is -0.352 e. The maximum atomic E-state index is 13.6. The summed E-state index contributed by atoms with van der Waals surface area (Å²) < 4.78 is 1.91. The van der Waals surface area contributed by atoms with Crippen LogP contribution < -0.4 is 10.2 Å². The van der Waals surface area contributed by atoms with Gasteiger partial charge in [0.1, 0.15) is 12.4 Å². The van der Waals surface area contributed by atoms with Gasteiger partial charge in [-0.25, -0.2) is 4.68 Å². The molecule has 2 amide bonds. The van der Waals surface area contributed by atoms with E-state index in [0.29, 0.717) is 5.75 Å². The summed E-state index contributed by atoms with van der Waals surface area (Å²) in [5.74, 6) is 0.851. The van der Waals surface area contributed by atoms with Gasteiger partial charge in [0.25, 0.3) is 0 Å². The molecular formula is C27H32N4O2S2. The van der Waals surface area contributed by atoms with E-state index in [0.717, 1.165) is 41.2 Å². The Kier molecular flexibility index (Phi) is 6.30. The number of hydrogen-bond acceptors (Lipinski definition) is 5. The lowest BCUT2D eigenvalue weighted by Gasteiger charge is -2.24. The second kappa shape index (κ2) is 9.13. The van der Waals surface area contributed by atoms with Gasteiger partial charge < -0.3 is 5.32 Å². The van der Waals surface area contributed by atoms with Gasteiger partial charge in [-0.05, 0) is 60.7 Å². The molecule has 184 valence electrons. The molecule has 1 saturated carbocycles. The molecule has 3 heterocycles. The highest BCUT2D eigenvalue weighted by molar-refractivity contribution is 8.00. The fourth-order valence-corrected chi connectivity index (χ4v) is 6.58. The highest BCUT2D eigenvalue weighted by Gasteiger charge is 2.40. The number of aromatic nitrogens is 2. The minimum absolute atomic E-state index is 0.000560. The summed E-state index contributed by atoms with van der Waals surface area (Å²) in [6.07, 6.45) is 2.02. The molecular weight excluding hydrogens is 476 g/mol. The highest BCUT2D eigenvalue weighted by atomic mass is 32.2. The predicted molar refractivity (Wildman–Crippen MR) is 144 cm³/mol. The standard InChI is InChI=1S/C27H32N4O2S2/c1-16-6-9-20(17(2)12-16)31-26-23(25(29-31)27(3,4)5)24(18-10-11-34-14-18)35-15-22(33)30(26)13-21(32)28-19-7-8-19/h6,9-12,14,19,24H,7-8,13,15H2,1-5H3,(H,28,32)/t24-/m0/s1. The average molecular weight is 509 g/mol. The molecule has 2 aromatic heterocycles. The van der Waals surface area contributed by atoms with Crippen LogP contribution in [0.15, 0.2) is 35.0 Å². The van der Waals surface area contributed by atoms with Crippen molar-refractivity contribution in [1.29, 1.82) is 0 Å². The summed E-state index contributed by atoms with van der Waals surface area (Å²) in [5.41, 5.74) is 6.09. The third-order valence-corrected chi connectivity index (χ3v) is 8.43. The number of thiophene rings is 1. The monoisotopic (exact) mass is 508 g/mol. The molecule has 2 aliphatic rings. The molecule has 3 aromatic rings. The van der Waals surface area contributed by atoms with Crippen LogP contribution in [-0.4, -0.2) is 39.9 Å². The van der Waals surface area contributed by atoms with E-state index in [1.807, 2.05) is 4.68 Å².